The van der Waals surface area contributed by atoms with Crippen LogP contribution in [0.2, 0.25) is 0 Å². The fraction of sp³-hybridized carbons (Fsp3) is 0.714. The van der Waals surface area contributed by atoms with Crippen molar-refractivity contribution in [2.24, 2.45) is 0 Å². The number of carboxylic acid groups (broad SMARTS) is 1. The second-order valence-corrected chi connectivity index (χ2v) is 2.90. The van der Waals surface area contributed by atoms with Gasteiger partial charge in [-0.1, -0.05) is 0 Å². The van der Waals surface area contributed by atoms with Crippen LogP contribution in [-0.2, 0) is 0 Å². The molecule has 4 nitrogen and oxygen atoms in total. The summed E-state index contributed by atoms with van der Waals surface area (Å²) in [5.74, 6) is 0. The minimum Gasteiger partial charge on any atom is -0.465 e. The summed E-state index contributed by atoms with van der Waals surface area (Å²) in [6, 6.07) is 1.75. The van der Waals surface area contributed by atoms with Gasteiger partial charge in [-0.2, -0.15) is 5.26 Å². The summed E-state index contributed by atoms with van der Waals surface area (Å²) in [7, 11) is 0. The van der Waals surface area contributed by atoms with E-state index in [1.807, 2.05) is 0 Å². The summed E-state index contributed by atoms with van der Waals surface area (Å²) in [4.78, 5) is 9.90. The van der Waals surface area contributed by atoms with Crippen LogP contribution < -0.4 is 5.32 Å². The number of nitrogens with one attached hydrogen (secondary N) is 1. The molecule has 0 bridgehead atoms. The average Bonchev–Trinajstić information content (AvgIpc) is 1.57. The van der Waals surface area contributed by atoms with Crippen molar-refractivity contribution in [2.75, 3.05) is 0 Å². The van der Waals surface area contributed by atoms with Gasteiger partial charge in [-0.25, -0.2) is 4.79 Å². The lowest BCUT2D eigenvalue weighted by atomic mass is 10.1. The fourth-order valence-electron chi connectivity index (χ4n) is 0.321. The first kappa shape index (κ1) is 12.4. The molecule has 4 heteroatoms. The minimum atomic E-state index is -0.975. The number of nitriles is 1. The molecule has 0 spiro atoms. The van der Waals surface area contributed by atoms with Gasteiger partial charge in [0.1, 0.15) is 0 Å². The van der Waals surface area contributed by atoms with Crippen molar-refractivity contribution in [1.82, 2.24) is 5.32 Å². The molecule has 11 heavy (non-hydrogen) atoms. The second-order valence-electron chi connectivity index (χ2n) is 2.90. The van der Waals surface area contributed by atoms with Gasteiger partial charge >= 0.3 is 6.09 Å². The summed E-state index contributed by atoms with van der Waals surface area (Å²) in [5, 5.41) is 17.8. The third kappa shape index (κ3) is 28.3. The van der Waals surface area contributed by atoms with Crippen LogP contribution in [-0.4, -0.2) is 16.7 Å². The van der Waals surface area contributed by atoms with E-state index in [-0.39, 0.29) is 5.54 Å². The quantitative estimate of drug-likeness (QED) is 0.562. The van der Waals surface area contributed by atoms with Crippen LogP contribution in [0.1, 0.15) is 27.7 Å². The molecule has 0 aromatic carbocycles. The molecule has 0 radical (unpaired) electrons. The molecule has 0 aromatic rings. The van der Waals surface area contributed by atoms with Crippen molar-refractivity contribution < 1.29 is 9.90 Å². The normalized spacial score (nSPS) is 8.64. The highest BCUT2D eigenvalue weighted by Gasteiger charge is 2.10. The average molecular weight is 158 g/mol. The van der Waals surface area contributed by atoms with Gasteiger partial charge in [-0.3, -0.25) is 0 Å². The summed E-state index contributed by atoms with van der Waals surface area (Å²) in [6.45, 7) is 6.81. The molecule has 64 valence electrons. The van der Waals surface area contributed by atoms with Crippen molar-refractivity contribution in [1.29, 1.82) is 5.26 Å². The predicted octanol–water partition coefficient (Wildman–Crippen LogP) is 1.58. The molecule has 2 N–H and O–H groups in total. The third-order valence-electron chi connectivity index (χ3n) is 0.482. The van der Waals surface area contributed by atoms with Gasteiger partial charge in [0.05, 0.1) is 6.07 Å². The Morgan fingerprint density at radius 3 is 1.82 bits per heavy atom. The Balaban J connectivity index is 0. The van der Waals surface area contributed by atoms with Crippen LogP contribution >= 0.6 is 0 Å². The van der Waals surface area contributed by atoms with Crippen molar-refractivity contribution in [2.45, 2.75) is 33.2 Å². The van der Waals surface area contributed by atoms with Crippen LogP contribution in [0.25, 0.3) is 0 Å². The van der Waals surface area contributed by atoms with Gasteiger partial charge in [0, 0.05) is 12.5 Å². The van der Waals surface area contributed by atoms with Gasteiger partial charge in [0.2, 0.25) is 0 Å². The van der Waals surface area contributed by atoms with Gasteiger partial charge in [0.15, 0.2) is 0 Å². The molecule has 0 atom stereocenters. The number of nitrogens with zero attached hydrogens (tertiary/aromatic N) is 1. The fourth-order valence-corrected chi connectivity index (χ4v) is 0.321. The van der Waals surface area contributed by atoms with Gasteiger partial charge in [-0.15, -0.1) is 0 Å². The lowest BCUT2D eigenvalue weighted by Gasteiger charge is -2.16. The number of carbonyl (C=O) groups is 1. The molecule has 0 fully saturated rings. The van der Waals surface area contributed by atoms with Crippen molar-refractivity contribution >= 4 is 6.09 Å². The Morgan fingerprint density at radius 2 is 1.82 bits per heavy atom. The lowest BCUT2D eigenvalue weighted by molar-refractivity contribution is 0.184. The van der Waals surface area contributed by atoms with E-state index >= 15 is 0 Å². The maximum atomic E-state index is 9.90. The third-order valence-corrected chi connectivity index (χ3v) is 0.482. The van der Waals surface area contributed by atoms with Crippen LogP contribution in [0.15, 0.2) is 0 Å². The topological polar surface area (TPSA) is 73.1 Å². The van der Waals surface area contributed by atoms with E-state index in [4.69, 9.17) is 10.4 Å². The maximum absolute atomic E-state index is 9.90. The molecule has 0 aliphatic heterocycles. The predicted molar refractivity (Wildman–Crippen MR) is 42.2 cm³/mol. The number of rotatable bonds is 0. The highest BCUT2D eigenvalue weighted by atomic mass is 16.4. The van der Waals surface area contributed by atoms with Crippen LogP contribution in [0.4, 0.5) is 4.79 Å². The van der Waals surface area contributed by atoms with Crippen LogP contribution in [0.3, 0.4) is 0 Å². The lowest BCUT2D eigenvalue weighted by Crippen LogP contribution is -2.39. The zero-order chi connectivity index (χ0) is 9.49. The first-order valence-corrected chi connectivity index (χ1v) is 3.15. The van der Waals surface area contributed by atoms with Crippen molar-refractivity contribution in [3.63, 3.8) is 0 Å². The smallest absolute Gasteiger partial charge is 0.405 e. The van der Waals surface area contributed by atoms with Crippen molar-refractivity contribution in [3.05, 3.63) is 0 Å². The molecule has 0 aliphatic rings. The Morgan fingerprint density at radius 1 is 1.55 bits per heavy atom. The van der Waals surface area contributed by atoms with Crippen LogP contribution in [0.5, 0.6) is 0 Å². The summed E-state index contributed by atoms with van der Waals surface area (Å²) < 4.78 is 0. The first-order chi connectivity index (χ1) is 4.83. The zero-order valence-corrected chi connectivity index (χ0v) is 7.30. The first-order valence-electron chi connectivity index (χ1n) is 3.15. The molecular weight excluding hydrogens is 144 g/mol. The molecular formula is C7H14N2O2. The molecule has 0 unspecified atom stereocenters. The maximum Gasteiger partial charge on any atom is 0.405 e. The molecule has 0 saturated heterocycles. The Labute approximate surface area is 66.8 Å². The molecule has 0 heterocycles. The summed E-state index contributed by atoms with van der Waals surface area (Å²) in [5.41, 5.74) is -0.328. The van der Waals surface area contributed by atoms with E-state index in [0.717, 1.165) is 0 Å². The second kappa shape index (κ2) is 5.54. The Hall–Kier alpha value is -1.24. The van der Waals surface area contributed by atoms with E-state index in [1.165, 1.54) is 6.92 Å². The highest BCUT2D eigenvalue weighted by Crippen LogP contribution is 1.96. The largest absolute Gasteiger partial charge is 0.465 e. The summed E-state index contributed by atoms with van der Waals surface area (Å²) in [6.07, 6.45) is -0.975. The molecule has 1 amide bonds. The minimum absolute atomic E-state index is 0.328. The number of amides is 1. The van der Waals surface area contributed by atoms with E-state index < -0.39 is 6.09 Å². The van der Waals surface area contributed by atoms with E-state index in [1.54, 1.807) is 26.8 Å². The highest BCUT2D eigenvalue weighted by molar-refractivity contribution is 5.65. The van der Waals surface area contributed by atoms with Gasteiger partial charge < -0.3 is 10.4 Å². The van der Waals surface area contributed by atoms with Gasteiger partial charge in [0.25, 0.3) is 0 Å². The molecule has 0 aliphatic carbocycles. The molecule has 0 rings (SSSR count). The van der Waals surface area contributed by atoms with Crippen LogP contribution in [0, 0.1) is 11.3 Å². The zero-order valence-electron chi connectivity index (χ0n) is 7.30. The monoisotopic (exact) mass is 158 g/mol. The van der Waals surface area contributed by atoms with Gasteiger partial charge in [-0.05, 0) is 20.8 Å². The van der Waals surface area contributed by atoms with E-state index in [2.05, 4.69) is 5.32 Å². The van der Waals surface area contributed by atoms with Crippen molar-refractivity contribution in [3.8, 4) is 6.07 Å². The number of hydrogen-bond donors (Lipinski definition) is 2. The molecule has 0 saturated carbocycles. The standard InChI is InChI=1S/C5H11NO2.C2H3N/c1-5(2,3)6-4(7)8;1-2-3/h6H,1-3H3,(H,7,8);1H3. The number of hydrogen-bond acceptors (Lipinski definition) is 2. The summed E-state index contributed by atoms with van der Waals surface area (Å²) >= 11 is 0. The molecule has 0 aromatic heterocycles. The van der Waals surface area contributed by atoms with E-state index in [0.29, 0.717) is 0 Å². The van der Waals surface area contributed by atoms with E-state index in [9.17, 15) is 4.79 Å². The SMILES string of the molecule is CC#N.CC(C)(C)NC(=O)O. The Kier molecular flexibility index (Phi) is 6.26. The Bertz CT molecular complexity index is 153.